The van der Waals surface area contributed by atoms with E-state index in [1.54, 1.807) is 36.1 Å². The molecule has 0 saturated carbocycles. The van der Waals surface area contributed by atoms with Crippen molar-refractivity contribution in [2.24, 2.45) is 0 Å². The highest BCUT2D eigenvalue weighted by molar-refractivity contribution is 5.96. The van der Waals surface area contributed by atoms with Crippen LogP contribution in [0.4, 0.5) is 5.69 Å². The van der Waals surface area contributed by atoms with E-state index < -0.39 is 5.92 Å². The predicted molar refractivity (Wildman–Crippen MR) is 103 cm³/mol. The zero-order valence-corrected chi connectivity index (χ0v) is 15.3. The lowest BCUT2D eigenvalue weighted by Gasteiger charge is -2.25. The first kappa shape index (κ1) is 17.8. The third-order valence-corrected chi connectivity index (χ3v) is 4.75. The van der Waals surface area contributed by atoms with Crippen LogP contribution in [-0.4, -0.2) is 32.5 Å². The molecule has 3 heterocycles. The highest BCUT2D eigenvalue weighted by Gasteiger charge is 2.30. The molecule has 1 unspecified atom stereocenters. The molecule has 1 N–H and O–H groups in total. The van der Waals surface area contributed by atoms with Crippen LogP contribution in [0.25, 0.3) is 11.4 Å². The van der Waals surface area contributed by atoms with Gasteiger partial charge in [0.05, 0.1) is 30.1 Å². The van der Waals surface area contributed by atoms with E-state index in [9.17, 15) is 9.59 Å². The molecule has 142 valence electrons. The maximum Gasteiger partial charge on any atom is 0.254 e. The minimum Gasteiger partial charge on any atom is -0.495 e. The molecule has 1 amide bonds. The number of hydrogen-bond acceptors (Lipinski definition) is 6. The Morgan fingerprint density at radius 2 is 2.11 bits per heavy atom. The van der Waals surface area contributed by atoms with Gasteiger partial charge in [0.25, 0.3) is 5.56 Å². The van der Waals surface area contributed by atoms with Crippen molar-refractivity contribution in [2.75, 3.05) is 12.4 Å². The molecule has 0 aliphatic carbocycles. The number of nitrogens with zero attached hydrogens (tertiary/aromatic N) is 4. The van der Waals surface area contributed by atoms with E-state index in [0.717, 1.165) is 6.42 Å². The molecule has 3 aromatic rings. The summed E-state index contributed by atoms with van der Waals surface area (Å²) in [7, 11) is 1.55. The summed E-state index contributed by atoms with van der Waals surface area (Å²) in [4.78, 5) is 38.3. The number of hydrogen-bond donors (Lipinski definition) is 1. The van der Waals surface area contributed by atoms with Crippen LogP contribution in [0.3, 0.4) is 0 Å². The average Bonchev–Trinajstić information content (AvgIpc) is 2.74. The topological polar surface area (TPSA) is 99.0 Å². The molecule has 4 rings (SSSR count). The molecule has 8 heteroatoms. The van der Waals surface area contributed by atoms with Crippen molar-refractivity contribution < 1.29 is 9.53 Å². The molecule has 2 aromatic heterocycles. The van der Waals surface area contributed by atoms with Gasteiger partial charge in [-0.2, -0.15) is 0 Å². The monoisotopic (exact) mass is 377 g/mol. The summed E-state index contributed by atoms with van der Waals surface area (Å²) in [5, 5.41) is 2.91. The number of amides is 1. The molecule has 0 bridgehead atoms. The maximum atomic E-state index is 13.0. The van der Waals surface area contributed by atoms with Crippen molar-refractivity contribution in [3.63, 3.8) is 0 Å². The lowest BCUT2D eigenvalue weighted by atomic mass is 9.97. The molecule has 1 atom stereocenters. The van der Waals surface area contributed by atoms with E-state index in [2.05, 4.69) is 20.3 Å². The molecule has 1 aliphatic rings. The standard InChI is InChI=1S/C20H19N5O3/c1-28-17-7-3-2-6-15(17)24-20(27)13-5-4-10-25-18(26)11-16(23-19(13)25)14-8-9-21-12-22-14/h2-3,6-9,11-13H,4-5,10H2,1H3,(H,24,27). The summed E-state index contributed by atoms with van der Waals surface area (Å²) >= 11 is 0. The van der Waals surface area contributed by atoms with Gasteiger partial charge >= 0.3 is 0 Å². The quantitative estimate of drug-likeness (QED) is 0.748. The Morgan fingerprint density at radius 1 is 1.25 bits per heavy atom. The smallest absolute Gasteiger partial charge is 0.254 e. The van der Waals surface area contributed by atoms with E-state index >= 15 is 0 Å². The SMILES string of the molecule is COc1ccccc1NC(=O)C1CCCn2c1nc(-c1ccncn1)cc2=O. The fourth-order valence-corrected chi connectivity index (χ4v) is 3.39. The Hall–Kier alpha value is -3.55. The van der Waals surface area contributed by atoms with Crippen molar-refractivity contribution in [2.45, 2.75) is 25.3 Å². The summed E-state index contributed by atoms with van der Waals surface area (Å²) < 4.78 is 6.87. The molecular formula is C20H19N5O3. The van der Waals surface area contributed by atoms with Crippen molar-refractivity contribution >= 4 is 11.6 Å². The van der Waals surface area contributed by atoms with Crippen molar-refractivity contribution in [3.05, 3.63) is 65.1 Å². The van der Waals surface area contributed by atoms with Gasteiger partial charge in [-0.15, -0.1) is 0 Å². The Balaban J connectivity index is 1.70. The summed E-state index contributed by atoms with van der Waals surface area (Å²) in [5.41, 5.74) is 1.38. The van der Waals surface area contributed by atoms with E-state index in [1.165, 1.54) is 12.4 Å². The van der Waals surface area contributed by atoms with E-state index in [4.69, 9.17) is 4.74 Å². The van der Waals surface area contributed by atoms with E-state index in [-0.39, 0.29) is 11.5 Å². The van der Waals surface area contributed by atoms with Crippen molar-refractivity contribution in [1.82, 2.24) is 19.5 Å². The number of ether oxygens (including phenoxy) is 1. The Labute approximate surface area is 161 Å². The Kier molecular flexibility index (Phi) is 4.84. The zero-order chi connectivity index (χ0) is 19.5. The van der Waals surface area contributed by atoms with Gasteiger partial charge in [0.2, 0.25) is 5.91 Å². The normalized spacial score (nSPS) is 15.5. The molecule has 28 heavy (non-hydrogen) atoms. The summed E-state index contributed by atoms with van der Waals surface area (Å²) in [6, 6.07) is 10.3. The van der Waals surface area contributed by atoms with Crippen LogP contribution in [-0.2, 0) is 11.3 Å². The predicted octanol–water partition coefficient (Wildman–Crippen LogP) is 2.22. The van der Waals surface area contributed by atoms with Gasteiger partial charge in [-0.05, 0) is 31.0 Å². The Bertz CT molecular complexity index is 1060. The fraction of sp³-hybridized carbons (Fsp3) is 0.250. The second-order valence-corrected chi connectivity index (χ2v) is 6.47. The summed E-state index contributed by atoms with van der Waals surface area (Å²) in [5.74, 6) is 0.282. The number of rotatable bonds is 4. The number of benzene rings is 1. The molecule has 0 spiro atoms. The molecule has 1 aliphatic heterocycles. The molecule has 0 radical (unpaired) electrons. The molecular weight excluding hydrogens is 358 g/mol. The first-order valence-electron chi connectivity index (χ1n) is 8.99. The van der Waals surface area contributed by atoms with Crippen LogP contribution in [0.5, 0.6) is 5.75 Å². The highest BCUT2D eigenvalue weighted by atomic mass is 16.5. The number of nitrogens with one attached hydrogen (secondary N) is 1. The second kappa shape index (κ2) is 7.59. The van der Waals surface area contributed by atoms with Gasteiger partial charge in [-0.3, -0.25) is 14.2 Å². The minimum atomic E-state index is -0.534. The molecule has 1 aromatic carbocycles. The number of methoxy groups -OCH3 is 1. The number of anilines is 1. The largest absolute Gasteiger partial charge is 0.495 e. The molecule has 0 fully saturated rings. The first-order chi connectivity index (χ1) is 13.7. The third-order valence-electron chi connectivity index (χ3n) is 4.75. The van der Waals surface area contributed by atoms with Crippen LogP contribution in [0.2, 0.25) is 0 Å². The highest BCUT2D eigenvalue weighted by Crippen LogP contribution is 2.29. The maximum absolute atomic E-state index is 13.0. The number of carbonyl (C=O) groups is 1. The molecule has 0 saturated heterocycles. The lowest BCUT2D eigenvalue weighted by Crippen LogP contribution is -2.35. The van der Waals surface area contributed by atoms with Gasteiger partial charge in [0, 0.05) is 18.8 Å². The first-order valence-corrected chi connectivity index (χ1v) is 8.99. The fourth-order valence-electron chi connectivity index (χ4n) is 3.39. The van der Waals surface area contributed by atoms with Crippen LogP contribution in [0, 0.1) is 0 Å². The van der Waals surface area contributed by atoms with Crippen LogP contribution < -0.4 is 15.6 Å². The van der Waals surface area contributed by atoms with E-state index in [0.29, 0.717) is 41.6 Å². The second-order valence-electron chi connectivity index (χ2n) is 6.47. The number of fused-ring (bicyclic) bond motifs is 1. The van der Waals surface area contributed by atoms with Crippen molar-refractivity contribution in [3.8, 4) is 17.1 Å². The average molecular weight is 377 g/mol. The van der Waals surface area contributed by atoms with E-state index in [1.807, 2.05) is 12.1 Å². The van der Waals surface area contributed by atoms with Crippen LogP contribution in [0.15, 0.2) is 53.7 Å². The molecule has 8 nitrogen and oxygen atoms in total. The zero-order valence-electron chi connectivity index (χ0n) is 15.3. The van der Waals surface area contributed by atoms with Gasteiger partial charge in [-0.25, -0.2) is 15.0 Å². The Morgan fingerprint density at radius 3 is 2.89 bits per heavy atom. The number of carbonyl (C=O) groups excluding carboxylic acids is 1. The third kappa shape index (κ3) is 3.36. The summed E-state index contributed by atoms with van der Waals surface area (Å²) in [6.45, 7) is 0.545. The van der Waals surface area contributed by atoms with Gasteiger partial charge < -0.3 is 10.1 Å². The summed E-state index contributed by atoms with van der Waals surface area (Å²) in [6.07, 6.45) is 4.33. The van der Waals surface area contributed by atoms with Gasteiger partial charge in [-0.1, -0.05) is 12.1 Å². The number of para-hydroxylation sites is 2. The van der Waals surface area contributed by atoms with Gasteiger partial charge in [0.1, 0.15) is 17.9 Å². The van der Waals surface area contributed by atoms with Crippen molar-refractivity contribution in [1.29, 1.82) is 0 Å². The number of aromatic nitrogens is 4. The van der Waals surface area contributed by atoms with Gasteiger partial charge in [0.15, 0.2) is 0 Å². The van der Waals surface area contributed by atoms with Crippen LogP contribution in [0.1, 0.15) is 24.6 Å². The lowest BCUT2D eigenvalue weighted by molar-refractivity contribution is -0.118. The van der Waals surface area contributed by atoms with Crippen LogP contribution >= 0.6 is 0 Å². The minimum absolute atomic E-state index is 0.187.